The molecule has 2 aromatic heterocycles. The van der Waals surface area contributed by atoms with Crippen molar-refractivity contribution in [2.75, 3.05) is 31.4 Å². The molecule has 34 heavy (non-hydrogen) atoms. The van der Waals surface area contributed by atoms with Gasteiger partial charge in [0.05, 0.1) is 29.8 Å². The number of fused-ring (bicyclic) bond motifs is 2. The lowest BCUT2D eigenvalue weighted by molar-refractivity contribution is -0.113. The van der Waals surface area contributed by atoms with Gasteiger partial charge in [-0.2, -0.15) is 5.10 Å². The van der Waals surface area contributed by atoms with E-state index >= 15 is 0 Å². The number of halogens is 1. The van der Waals surface area contributed by atoms with E-state index in [2.05, 4.69) is 20.5 Å². The van der Waals surface area contributed by atoms with Crippen molar-refractivity contribution in [2.24, 2.45) is 0 Å². The number of methoxy groups -OCH3 is 1. The number of aromatic nitrogens is 4. The molecule has 1 amide bonds. The van der Waals surface area contributed by atoms with Crippen LogP contribution in [-0.2, 0) is 4.79 Å². The van der Waals surface area contributed by atoms with Gasteiger partial charge in [-0.3, -0.25) is 19.3 Å². The maximum atomic E-state index is 13.2. The smallest absolute Gasteiger partial charge is 0.269 e. The van der Waals surface area contributed by atoms with Crippen molar-refractivity contribution in [1.29, 1.82) is 0 Å². The van der Waals surface area contributed by atoms with Gasteiger partial charge in [0.2, 0.25) is 5.91 Å². The number of nitrogens with zero attached hydrogens (tertiary/aromatic N) is 3. The summed E-state index contributed by atoms with van der Waals surface area (Å²) in [7, 11) is 1.51. The second-order valence-electron chi connectivity index (χ2n) is 7.18. The van der Waals surface area contributed by atoms with E-state index in [9.17, 15) is 9.59 Å². The van der Waals surface area contributed by atoms with Crippen molar-refractivity contribution in [3.8, 4) is 22.9 Å². The van der Waals surface area contributed by atoms with Crippen molar-refractivity contribution in [3.63, 3.8) is 0 Å². The van der Waals surface area contributed by atoms with Crippen LogP contribution in [0.1, 0.15) is 0 Å². The maximum Gasteiger partial charge on any atom is 0.269 e. The van der Waals surface area contributed by atoms with Crippen LogP contribution in [0.3, 0.4) is 0 Å². The zero-order valence-corrected chi connectivity index (χ0v) is 19.4. The van der Waals surface area contributed by atoms with E-state index in [0.29, 0.717) is 63.0 Å². The Morgan fingerprint density at radius 1 is 1.24 bits per heavy atom. The number of aromatic amines is 1. The van der Waals surface area contributed by atoms with Gasteiger partial charge in [-0.15, -0.1) is 0 Å². The molecule has 0 radical (unpaired) electrons. The SMILES string of the molecule is COc1ccc(-n2c(SCC(=O)Nc3ccc4c(c3)OCCO4)nc3[nH]ncc3c2=O)cc1Cl. The molecular weight excluding hydrogens is 482 g/mol. The highest BCUT2D eigenvalue weighted by Gasteiger charge is 2.18. The summed E-state index contributed by atoms with van der Waals surface area (Å²) in [5.41, 5.74) is 1.05. The number of hydrogen-bond donors (Lipinski definition) is 2. The Bertz CT molecular complexity index is 1450. The molecule has 2 aromatic carbocycles. The number of thioether (sulfide) groups is 1. The zero-order chi connectivity index (χ0) is 23.7. The summed E-state index contributed by atoms with van der Waals surface area (Å²) in [6.45, 7) is 0.943. The van der Waals surface area contributed by atoms with Crippen molar-refractivity contribution >= 4 is 46.0 Å². The van der Waals surface area contributed by atoms with Crippen molar-refractivity contribution in [1.82, 2.24) is 19.7 Å². The number of amides is 1. The highest BCUT2D eigenvalue weighted by Crippen LogP contribution is 2.33. The fourth-order valence-electron chi connectivity index (χ4n) is 3.44. The third-order valence-corrected chi connectivity index (χ3v) is 6.24. The number of carbonyl (C=O) groups excluding carboxylic acids is 1. The van der Waals surface area contributed by atoms with E-state index in [-0.39, 0.29) is 17.2 Å². The Morgan fingerprint density at radius 2 is 2.06 bits per heavy atom. The van der Waals surface area contributed by atoms with E-state index < -0.39 is 0 Å². The first-order valence-corrected chi connectivity index (χ1v) is 11.5. The molecule has 0 saturated heterocycles. The molecule has 10 nitrogen and oxygen atoms in total. The van der Waals surface area contributed by atoms with Crippen LogP contribution in [0.2, 0.25) is 5.02 Å². The number of carbonyl (C=O) groups is 1. The van der Waals surface area contributed by atoms with Gasteiger partial charge in [-0.25, -0.2) is 4.98 Å². The van der Waals surface area contributed by atoms with Gasteiger partial charge in [-0.1, -0.05) is 23.4 Å². The van der Waals surface area contributed by atoms with Crippen molar-refractivity contribution in [3.05, 3.63) is 58.0 Å². The van der Waals surface area contributed by atoms with Gasteiger partial charge < -0.3 is 19.5 Å². The number of benzene rings is 2. The molecule has 5 rings (SSSR count). The molecule has 0 unspecified atom stereocenters. The average Bonchev–Trinajstić information content (AvgIpc) is 3.32. The first-order chi connectivity index (χ1) is 16.5. The average molecular weight is 500 g/mol. The van der Waals surface area contributed by atoms with Crippen LogP contribution in [0.15, 0.2) is 52.5 Å². The largest absolute Gasteiger partial charge is 0.495 e. The minimum absolute atomic E-state index is 0.00438. The van der Waals surface area contributed by atoms with Gasteiger partial charge >= 0.3 is 0 Å². The minimum Gasteiger partial charge on any atom is -0.495 e. The molecule has 4 aromatic rings. The lowest BCUT2D eigenvalue weighted by Gasteiger charge is -2.19. The second kappa shape index (κ2) is 9.27. The molecule has 2 N–H and O–H groups in total. The molecule has 0 bridgehead atoms. The van der Waals surface area contributed by atoms with Crippen LogP contribution in [-0.4, -0.2) is 51.7 Å². The van der Waals surface area contributed by atoms with Gasteiger partial charge in [-0.05, 0) is 30.3 Å². The van der Waals surface area contributed by atoms with E-state index in [4.69, 9.17) is 25.8 Å². The molecule has 3 heterocycles. The molecule has 174 valence electrons. The first-order valence-electron chi connectivity index (χ1n) is 10.2. The molecule has 0 saturated carbocycles. The van der Waals surface area contributed by atoms with E-state index in [0.717, 1.165) is 11.8 Å². The number of anilines is 1. The molecule has 12 heteroatoms. The summed E-state index contributed by atoms with van der Waals surface area (Å²) in [5.74, 6) is 1.42. The fourth-order valence-corrected chi connectivity index (χ4v) is 4.50. The number of ether oxygens (including phenoxy) is 3. The van der Waals surface area contributed by atoms with Gasteiger partial charge in [0, 0.05) is 11.8 Å². The summed E-state index contributed by atoms with van der Waals surface area (Å²) < 4.78 is 17.6. The van der Waals surface area contributed by atoms with Crippen molar-refractivity contribution in [2.45, 2.75) is 5.16 Å². The predicted molar refractivity (Wildman–Crippen MR) is 128 cm³/mol. The van der Waals surface area contributed by atoms with Crippen LogP contribution < -0.4 is 25.1 Å². The quantitative estimate of drug-likeness (QED) is 0.306. The Labute approximate surface area is 202 Å². The molecule has 1 aliphatic rings. The molecule has 0 fully saturated rings. The zero-order valence-electron chi connectivity index (χ0n) is 17.8. The van der Waals surface area contributed by atoms with E-state index in [1.165, 1.54) is 17.9 Å². The Hall–Kier alpha value is -3.70. The van der Waals surface area contributed by atoms with E-state index in [1.54, 1.807) is 36.4 Å². The summed E-state index contributed by atoms with van der Waals surface area (Å²) in [6.07, 6.45) is 1.41. The lowest BCUT2D eigenvalue weighted by Crippen LogP contribution is -2.22. The highest BCUT2D eigenvalue weighted by molar-refractivity contribution is 7.99. The van der Waals surface area contributed by atoms with Crippen LogP contribution >= 0.6 is 23.4 Å². The summed E-state index contributed by atoms with van der Waals surface area (Å²) in [4.78, 5) is 30.4. The molecule has 1 aliphatic heterocycles. The van der Waals surface area contributed by atoms with Gasteiger partial charge in [0.25, 0.3) is 5.56 Å². The number of nitrogens with one attached hydrogen (secondary N) is 2. The maximum absolute atomic E-state index is 13.2. The Balaban J connectivity index is 1.41. The normalized spacial score (nSPS) is 12.5. The summed E-state index contributed by atoms with van der Waals surface area (Å²) >= 11 is 7.39. The van der Waals surface area contributed by atoms with Crippen LogP contribution in [0, 0.1) is 0 Å². The summed E-state index contributed by atoms with van der Waals surface area (Å²) in [6, 6.07) is 10.2. The Morgan fingerprint density at radius 3 is 2.85 bits per heavy atom. The third-order valence-electron chi connectivity index (χ3n) is 5.00. The van der Waals surface area contributed by atoms with E-state index in [1.807, 2.05) is 0 Å². The minimum atomic E-state index is -0.338. The van der Waals surface area contributed by atoms with Crippen LogP contribution in [0.4, 0.5) is 5.69 Å². The van der Waals surface area contributed by atoms with Gasteiger partial charge in [0.15, 0.2) is 22.3 Å². The fraction of sp³-hybridized carbons (Fsp3) is 0.182. The second-order valence-corrected chi connectivity index (χ2v) is 8.53. The highest BCUT2D eigenvalue weighted by atomic mass is 35.5. The molecule has 0 aliphatic carbocycles. The molecule has 0 spiro atoms. The summed E-state index contributed by atoms with van der Waals surface area (Å²) in [5, 5.41) is 10.4. The number of H-pyrrole nitrogens is 1. The predicted octanol–water partition coefficient (Wildman–Crippen LogP) is 3.27. The standard InChI is InChI=1S/C22H18ClN5O5S/c1-31-16-5-3-13(9-15(16)23)28-21(30)14-10-24-27-20(14)26-22(28)34-11-19(29)25-12-2-4-17-18(8-12)33-7-6-32-17/h2-5,8-10H,6-7,11H2,1H3,(H,24,27)(H,25,29). The number of hydrogen-bond acceptors (Lipinski definition) is 8. The number of rotatable bonds is 6. The third kappa shape index (κ3) is 4.27. The van der Waals surface area contributed by atoms with Crippen molar-refractivity contribution < 1.29 is 19.0 Å². The van der Waals surface area contributed by atoms with Gasteiger partial charge in [0.1, 0.15) is 24.3 Å². The topological polar surface area (TPSA) is 120 Å². The monoisotopic (exact) mass is 499 g/mol. The van der Waals surface area contributed by atoms with Crippen LogP contribution in [0.5, 0.6) is 17.2 Å². The Kier molecular flexibility index (Phi) is 6.03. The molecular formula is C22H18ClN5O5S. The lowest BCUT2D eigenvalue weighted by atomic mass is 10.2. The first kappa shape index (κ1) is 22.1. The molecule has 0 atom stereocenters. The van der Waals surface area contributed by atoms with Crippen LogP contribution in [0.25, 0.3) is 16.7 Å².